The van der Waals surface area contributed by atoms with Gasteiger partial charge in [0.05, 0.1) is 34.4 Å². The predicted octanol–water partition coefficient (Wildman–Crippen LogP) is 14.7. The second-order valence-corrected chi connectivity index (χ2v) is 18.9. The zero-order chi connectivity index (χ0) is 43.4. The van der Waals surface area contributed by atoms with Gasteiger partial charge in [0.15, 0.2) is 0 Å². The Bertz CT molecular complexity index is 1080. The first-order valence-electron chi connectivity index (χ1n) is 24.4. The first-order chi connectivity index (χ1) is 28.6. The maximum atomic E-state index is 12.7. The molecule has 0 rings (SSSR count). The van der Waals surface area contributed by atoms with Crippen LogP contribution in [0.1, 0.15) is 206 Å². The molecule has 2 atom stereocenters. The van der Waals surface area contributed by atoms with Gasteiger partial charge in [-0.1, -0.05) is 172 Å². The molecular formula is C50H95NO7P+. The highest BCUT2D eigenvalue weighted by molar-refractivity contribution is 7.47. The maximum absolute atomic E-state index is 12.7. The first-order valence-corrected chi connectivity index (χ1v) is 25.9. The summed E-state index contributed by atoms with van der Waals surface area (Å²) in [7, 11) is 1.66. The lowest BCUT2D eigenvalue weighted by molar-refractivity contribution is -0.870. The van der Waals surface area contributed by atoms with E-state index >= 15 is 0 Å². The van der Waals surface area contributed by atoms with Crippen LogP contribution in [-0.2, 0) is 27.9 Å². The molecule has 0 aromatic carbocycles. The number of phosphoric acid groups is 1. The number of hydrogen-bond donors (Lipinski definition) is 1. The quantitative estimate of drug-likeness (QED) is 0.0214. The summed E-state index contributed by atoms with van der Waals surface area (Å²) in [5.41, 5.74) is 0. The molecule has 0 saturated carbocycles. The standard InChI is InChI=1S/C50H94NO7P/c1-6-8-10-12-14-16-18-20-21-22-23-24-25-26-27-28-29-30-32-34-36-38-40-42-45-55-47-49(48-57-59(53,54)56-46-44-51(3,4)5)58-50(52)43-41-39-37-35-33-31-19-17-15-13-11-9-7-2/h17-20,22-23,25-26,49H,6-16,21,24,27-48H2,1-5H3/p+1/b19-17-,20-18-,23-22-,26-25-. The largest absolute Gasteiger partial charge is 0.472 e. The van der Waals surface area contributed by atoms with E-state index in [0.717, 1.165) is 57.8 Å². The van der Waals surface area contributed by atoms with Crippen molar-refractivity contribution in [3.05, 3.63) is 48.6 Å². The number of quaternary nitrogens is 1. The van der Waals surface area contributed by atoms with Crippen molar-refractivity contribution in [3.63, 3.8) is 0 Å². The minimum absolute atomic E-state index is 0.0848. The van der Waals surface area contributed by atoms with Crippen molar-refractivity contribution < 1.29 is 37.3 Å². The summed E-state index contributed by atoms with van der Waals surface area (Å²) in [6.45, 7) is 5.58. The van der Waals surface area contributed by atoms with Crippen molar-refractivity contribution in [1.82, 2.24) is 0 Å². The molecule has 2 unspecified atom stereocenters. The van der Waals surface area contributed by atoms with Crippen molar-refractivity contribution in [1.29, 1.82) is 0 Å². The summed E-state index contributed by atoms with van der Waals surface area (Å²) < 4.78 is 35.1. The Balaban J connectivity index is 4.14. The van der Waals surface area contributed by atoms with Gasteiger partial charge < -0.3 is 18.9 Å². The Kier molecular flexibility index (Phi) is 42.0. The summed E-state index contributed by atoms with van der Waals surface area (Å²) >= 11 is 0. The van der Waals surface area contributed by atoms with E-state index in [1.165, 1.54) is 128 Å². The van der Waals surface area contributed by atoms with Gasteiger partial charge in [0.25, 0.3) is 0 Å². The Labute approximate surface area is 365 Å². The van der Waals surface area contributed by atoms with Crippen LogP contribution in [0.15, 0.2) is 48.6 Å². The van der Waals surface area contributed by atoms with E-state index < -0.39 is 13.9 Å². The first kappa shape index (κ1) is 57.5. The summed E-state index contributed by atoms with van der Waals surface area (Å²) in [4.78, 5) is 22.9. The molecule has 0 amide bonds. The van der Waals surface area contributed by atoms with Crippen LogP contribution in [-0.4, -0.2) is 75.6 Å². The summed E-state index contributed by atoms with van der Waals surface area (Å²) in [5, 5.41) is 0. The third kappa shape index (κ3) is 47.4. The maximum Gasteiger partial charge on any atom is 0.472 e. The molecule has 0 aromatic heterocycles. The molecule has 1 N–H and O–H groups in total. The highest BCUT2D eigenvalue weighted by atomic mass is 31.2. The van der Waals surface area contributed by atoms with Crippen LogP contribution < -0.4 is 0 Å². The van der Waals surface area contributed by atoms with Crippen LogP contribution in [0.2, 0.25) is 0 Å². The van der Waals surface area contributed by atoms with Gasteiger partial charge in [-0.05, 0) is 77.0 Å². The molecule has 0 aromatic rings. The third-order valence-corrected chi connectivity index (χ3v) is 11.3. The van der Waals surface area contributed by atoms with Crippen molar-refractivity contribution in [2.75, 3.05) is 54.1 Å². The van der Waals surface area contributed by atoms with Crippen molar-refractivity contribution in [2.45, 2.75) is 213 Å². The molecule has 0 spiro atoms. The second-order valence-electron chi connectivity index (χ2n) is 17.5. The zero-order valence-corrected chi connectivity index (χ0v) is 40.1. The number of unbranched alkanes of at least 4 members (excludes halogenated alkanes) is 23. The summed E-state index contributed by atoms with van der Waals surface area (Å²) in [6, 6.07) is 0. The Morgan fingerprint density at radius 2 is 0.932 bits per heavy atom. The lowest BCUT2D eigenvalue weighted by Gasteiger charge is -2.24. The number of ether oxygens (including phenoxy) is 2. The Morgan fingerprint density at radius 1 is 0.525 bits per heavy atom. The van der Waals surface area contributed by atoms with E-state index in [9.17, 15) is 14.3 Å². The number of nitrogens with zero attached hydrogens (tertiary/aromatic N) is 1. The van der Waals surface area contributed by atoms with Crippen molar-refractivity contribution in [2.24, 2.45) is 0 Å². The van der Waals surface area contributed by atoms with Gasteiger partial charge in [0.2, 0.25) is 0 Å². The van der Waals surface area contributed by atoms with Crippen molar-refractivity contribution in [3.8, 4) is 0 Å². The minimum atomic E-state index is -4.28. The second kappa shape index (κ2) is 43.1. The highest BCUT2D eigenvalue weighted by Gasteiger charge is 2.26. The van der Waals surface area contributed by atoms with E-state index in [0.29, 0.717) is 24.1 Å². The topological polar surface area (TPSA) is 91.3 Å². The van der Waals surface area contributed by atoms with Gasteiger partial charge in [0, 0.05) is 13.0 Å². The van der Waals surface area contributed by atoms with Crippen LogP contribution in [0.5, 0.6) is 0 Å². The minimum Gasteiger partial charge on any atom is -0.457 e. The normalized spacial score (nSPS) is 14.1. The van der Waals surface area contributed by atoms with E-state index in [4.69, 9.17) is 18.5 Å². The average molecular weight is 853 g/mol. The molecule has 0 aliphatic rings. The Morgan fingerprint density at radius 3 is 1.42 bits per heavy atom. The molecule has 0 bridgehead atoms. The molecule has 0 saturated heterocycles. The lowest BCUT2D eigenvalue weighted by atomic mass is 10.1. The summed E-state index contributed by atoms with van der Waals surface area (Å²) in [5.74, 6) is -0.325. The van der Waals surface area contributed by atoms with E-state index in [1.807, 2.05) is 21.1 Å². The fourth-order valence-electron chi connectivity index (χ4n) is 6.55. The van der Waals surface area contributed by atoms with E-state index in [1.54, 1.807) is 0 Å². The summed E-state index contributed by atoms with van der Waals surface area (Å²) in [6.07, 6.45) is 52.9. The number of likely N-dealkylation sites (N-methyl/N-ethyl adjacent to an activating group) is 1. The van der Waals surface area contributed by atoms with Gasteiger partial charge in [-0.25, -0.2) is 4.57 Å². The number of esters is 1. The SMILES string of the molecule is CCCCCC/C=C\CCCCCCCC(=O)OC(COCCCCCCCCCCC/C=C\C/C=C\C/C=C\CCCCCCC)COP(=O)(O)OCC[N+](C)(C)C. The number of carbonyl (C=O) groups excluding carboxylic acids is 1. The molecule has 9 heteroatoms. The van der Waals surface area contributed by atoms with Gasteiger partial charge in [-0.3, -0.25) is 13.8 Å². The molecular weight excluding hydrogens is 758 g/mol. The molecule has 0 aliphatic carbocycles. The number of carbonyl (C=O) groups is 1. The molecule has 59 heavy (non-hydrogen) atoms. The van der Waals surface area contributed by atoms with Gasteiger partial charge in [-0.15, -0.1) is 0 Å². The van der Waals surface area contributed by atoms with Gasteiger partial charge in [0.1, 0.15) is 19.3 Å². The number of rotatable bonds is 45. The highest BCUT2D eigenvalue weighted by Crippen LogP contribution is 2.43. The van der Waals surface area contributed by atoms with E-state index in [2.05, 4.69) is 62.5 Å². The molecule has 0 radical (unpaired) electrons. The van der Waals surface area contributed by atoms with Crippen LogP contribution in [0.3, 0.4) is 0 Å². The van der Waals surface area contributed by atoms with Gasteiger partial charge in [-0.2, -0.15) is 0 Å². The smallest absolute Gasteiger partial charge is 0.457 e. The molecule has 346 valence electrons. The van der Waals surface area contributed by atoms with Crippen LogP contribution >= 0.6 is 7.82 Å². The average Bonchev–Trinajstić information content (AvgIpc) is 3.19. The third-order valence-electron chi connectivity index (χ3n) is 10.4. The zero-order valence-electron chi connectivity index (χ0n) is 39.2. The number of hydrogen-bond acceptors (Lipinski definition) is 6. The lowest BCUT2D eigenvalue weighted by Crippen LogP contribution is -2.37. The van der Waals surface area contributed by atoms with Gasteiger partial charge >= 0.3 is 13.8 Å². The molecule has 0 heterocycles. The number of allylic oxidation sites excluding steroid dienone is 8. The van der Waals surface area contributed by atoms with E-state index in [-0.39, 0.29) is 25.8 Å². The van der Waals surface area contributed by atoms with Crippen molar-refractivity contribution >= 4 is 13.8 Å². The molecule has 8 nitrogen and oxygen atoms in total. The van der Waals surface area contributed by atoms with Crippen LogP contribution in [0.25, 0.3) is 0 Å². The monoisotopic (exact) mass is 853 g/mol. The fourth-order valence-corrected chi connectivity index (χ4v) is 7.30. The molecule has 0 aliphatic heterocycles. The van der Waals surface area contributed by atoms with Crippen LogP contribution in [0.4, 0.5) is 0 Å². The molecule has 0 fully saturated rings. The number of phosphoric ester groups is 1. The fraction of sp³-hybridized carbons (Fsp3) is 0.820. The Hall–Kier alpha value is -1.54. The predicted molar refractivity (Wildman–Crippen MR) is 252 cm³/mol. The van der Waals surface area contributed by atoms with Crippen LogP contribution in [0, 0.1) is 0 Å².